The third-order valence-corrected chi connectivity index (χ3v) is 5.46. The van der Waals surface area contributed by atoms with E-state index in [9.17, 15) is 5.26 Å². The van der Waals surface area contributed by atoms with Crippen molar-refractivity contribution in [2.24, 2.45) is 0 Å². The topological polar surface area (TPSA) is 55.2 Å². The molecule has 2 aliphatic rings. The second-order valence-corrected chi connectivity index (χ2v) is 7.21. The van der Waals surface area contributed by atoms with Crippen LogP contribution < -0.4 is 10.2 Å². The van der Waals surface area contributed by atoms with Crippen molar-refractivity contribution < 1.29 is 0 Å². The van der Waals surface area contributed by atoms with Crippen LogP contribution in [0.2, 0.25) is 5.15 Å². The van der Waals surface area contributed by atoms with E-state index in [4.69, 9.17) is 11.6 Å². The number of nitriles is 1. The van der Waals surface area contributed by atoms with E-state index in [0.29, 0.717) is 10.7 Å². The Bertz CT molecular complexity index is 824. The number of pyridine rings is 1. The van der Waals surface area contributed by atoms with Gasteiger partial charge in [0.2, 0.25) is 0 Å². The molecular formula is C20H22ClN5. The fraction of sp³-hybridized carbons (Fsp3) is 0.400. The Balaban J connectivity index is 1.66. The molecule has 1 aromatic carbocycles. The van der Waals surface area contributed by atoms with Gasteiger partial charge in [0.25, 0.3) is 0 Å². The van der Waals surface area contributed by atoms with Crippen LogP contribution in [0.4, 0.5) is 5.82 Å². The lowest BCUT2D eigenvalue weighted by Crippen LogP contribution is -2.45. The van der Waals surface area contributed by atoms with Crippen LogP contribution in [0.5, 0.6) is 0 Å². The van der Waals surface area contributed by atoms with Gasteiger partial charge in [-0.1, -0.05) is 41.9 Å². The van der Waals surface area contributed by atoms with Crippen molar-refractivity contribution in [1.82, 2.24) is 15.2 Å². The number of halogens is 1. The molecule has 4 rings (SSSR count). The Hall–Kier alpha value is -2.13. The molecule has 0 amide bonds. The van der Waals surface area contributed by atoms with Crippen LogP contribution in [0.15, 0.2) is 30.3 Å². The second-order valence-electron chi connectivity index (χ2n) is 6.85. The van der Waals surface area contributed by atoms with Crippen molar-refractivity contribution in [2.45, 2.75) is 19.5 Å². The molecule has 0 saturated carbocycles. The van der Waals surface area contributed by atoms with Crippen LogP contribution in [0.1, 0.15) is 22.3 Å². The minimum Gasteiger partial charge on any atom is -0.354 e. The number of piperazine rings is 1. The molecule has 134 valence electrons. The van der Waals surface area contributed by atoms with Crippen LogP contribution in [0, 0.1) is 11.3 Å². The van der Waals surface area contributed by atoms with Crippen molar-refractivity contribution in [3.05, 3.63) is 57.7 Å². The smallest absolute Gasteiger partial charge is 0.149 e. The maximum atomic E-state index is 9.64. The van der Waals surface area contributed by atoms with Gasteiger partial charge < -0.3 is 10.2 Å². The van der Waals surface area contributed by atoms with Gasteiger partial charge in [0, 0.05) is 51.4 Å². The first-order chi connectivity index (χ1) is 12.8. The van der Waals surface area contributed by atoms with Crippen molar-refractivity contribution >= 4 is 17.4 Å². The van der Waals surface area contributed by atoms with E-state index in [1.54, 1.807) is 0 Å². The summed E-state index contributed by atoms with van der Waals surface area (Å²) in [6.45, 7) is 6.35. The molecule has 26 heavy (non-hydrogen) atoms. The highest BCUT2D eigenvalue weighted by atomic mass is 35.5. The number of fused-ring (bicyclic) bond motifs is 1. The van der Waals surface area contributed by atoms with Crippen LogP contribution >= 0.6 is 11.6 Å². The highest BCUT2D eigenvalue weighted by Gasteiger charge is 2.27. The number of nitrogens with one attached hydrogen (secondary N) is 1. The molecular weight excluding hydrogens is 346 g/mol. The Morgan fingerprint density at radius 3 is 2.62 bits per heavy atom. The fourth-order valence-electron chi connectivity index (χ4n) is 3.86. The van der Waals surface area contributed by atoms with Gasteiger partial charge in [-0.2, -0.15) is 5.26 Å². The van der Waals surface area contributed by atoms with Crippen molar-refractivity contribution in [3.8, 4) is 6.07 Å². The minimum atomic E-state index is 0.335. The van der Waals surface area contributed by atoms with E-state index in [1.165, 1.54) is 11.1 Å². The van der Waals surface area contributed by atoms with Crippen LogP contribution in [0.3, 0.4) is 0 Å². The minimum absolute atomic E-state index is 0.335. The molecule has 0 spiro atoms. The number of nitrogens with zero attached hydrogens (tertiary/aromatic N) is 4. The molecule has 0 aliphatic carbocycles. The van der Waals surface area contributed by atoms with Crippen LogP contribution in [0.25, 0.3) is 0 Å². The Morgan fingerprint density at radius 1 is 1.12 bits per heavy atom. The van der Waals surface area contributed by atoms with Gasteiger partial charge >= 0.3 is 0 Å². The summed E-state index contributed by atoms with van der Waals surface area (Å²) < 4.78 is 0. The van der Waals surface area contributed by atoms with E-state index < -0.39 is 0 Å². The van der Waals surface area contributed by atoms with Crippen molar-refractivity contribution in [1.29, 1.82) is 5.26 Å². The summed E-state index contributed by atoms with van der Waals surface area (Å²) in [6, 6.07) is 12.7. The van der Waals surface area contributed by atoms with Gasteiger partial charge in [-0.3, -0.25) is 4.90 Å². The first kappa shape index (κ1) is 17.3. The predicted octanol–water partition coefficient (Wildman–Crippen LogP) is 2.57. The fourth-order valence-corrected chi connectivity index (χ4v) is 4.10. The van der Waals surface area contributed by atoms with E-state index in [2.05, 4.69) is 50.4 Å². The summed E-state index contributed by atoms with van der Waals surface area (Å²) in [4.78, 5) is 9.30. The summed E-state index contributed by atoms with van der Waals surface area (Å²) in [5.41, 5.74) is 4.09. The number of rotatable bonds is 3. The third-order valence-electron chi connectivity index (χ3n) is 5.18. The molecule has 3 heterocycles. The second kappa shape index (κ2) is 7.63. The summed E-state index contributed by atoms with van der Waals surface area (Å²) in [5, 5.41) is 13.3. The van der Waals surface area contributed by atoms with Gasteiger partial charge in [0.05, 0.1) is 5.56 Å². The average Bonchev–Trinajstić information content (AvgIpc) is 2.69. The standard InChI is InChI=1S/C20H22ClN5/c21-19-17(12-22)18-14-25(13-15-4-2-1-3-5-15)9-6-16(18)20(24-19)26-10-7-23-8-11-26/h1-5,23H,6-11,13-14H2. The SMILES string of the molecule is N#Cc1c(Cl)nc(N2CCNCC2)c2c1CN(Cc1ccccc1)CC2. The molecule has 0 radical (unpaired) electrons. The summed E-state index contributed by atoms with van der Waals surface area (Å²) in [7, 11) is 0. The van der Waals surface area contributed by atoms with Crippen molar-refractivity contribution in [3.63, 3.8) is 0 Å². The van der Waals surface area contributed by atoms with E-state index >= 15 is 0 Å². The van der Waals surface area contributed by atoms with Gasteiger partial charge in [-0.05, 0) is 17.5 Å². The zero-order chi connectivity index (χ0) is 17.9. The molecule has 1 N–H and O–H groups in total. The van der Waals surface area contributed by atoms with E-state index in [-0.39, 0.29) is 0 Å². The molecule has 6 heteroatoms. The Labute approximate surface area is 159 Å². The Morgan fingerprint density at radius 2 is 1.88 bits per heavy atom. The molecule has 1 saturated heterocycles. The molecule has 0 atom stereocenters. The monoisotopic (exact) mass is 367 g/mol. The molecule has 1 aromatic heterocycles. The Kier molecular flexibility index (Phi) is 5.07. The quantitative estimate of drug-likeness (QED) is 0.845. The zero-order valence-corrected chi connectivity index (χ0v) is 15.5. The number of hydrogen-bond acceptors (Lipinski definition) is 5. The first-order valence-corrected chi connectivity index (χ1v) is 9.47. The maximum absolute atomic E-state index is 9.64. The molecule has 0 unspecified atom stereocenters. The lowest BCUT2D eigenvalue weighted by Gasteiger charge is -2.35. The van der Waals surface area contributed by atoms with Crippen molar-refractivity contribution in [2.75, 3.05) is 37.6 Å². The lowest BCUT2D eigenvalue weighted by atomic mass is 9.95. The maximum Gasteiger partial charge on any atom is 0.149 e. The summed E-state index contributed by atoms with van der Waals surface area (Å²) in [6.07, 6.45) is 0.903. The summed E-state index contributed by atoms with van der Waals surface area (Å²) >= 11 is 6.40. The number of hydrogen-bond donors (Lipinski definition) is 1. The lowest BCUT2D eigenvalue weighted by molar-refractivity contribution is 0.245. The number of aromatic nitrogens is 1. The number of benzene rings is 1. The van der Waals surface area contributed by atoms with Gasteiger partial charge in [-0.25, -0.2) is 4.98 Å². The zero-order valence-electron chi connectivity index (χ0n) is 14.7. The molecule has 0 bridgehead atoms. The van der Waals surface area contributed by atoms with Gasteiger partial charge in [0.15, 0.2) is 0 Å². The summed E-state index contributed by atoms with van der Waals surface area (Å²) in [5.74, 6) is 0.977. The van der Waals surface area contributed by atoms with Crippen LogP contribution in [-0.2, 0) is 19.5 Å². The predicted molar refractivity (Wildman–Crippen MR) is 103 cm³/mol. The van der Waals surface area contributed by atoms with E-state index in [0.717, 1.165) is 63.6 Å². The molecule has 2 aliphatic heterocycles. The van der Waals surface area contributed by atoms with Crippen LogP contribution in [-0.4, -0.2) is 42.6 Å². The van der Waals surface area contributed by atoms with Gasteiger partial charge in [0.1, 0.15) is 17.0 Å². The van der Waals surface area contributed by atoms with Gasteiger partial charge in [-0.15, -0.1) is 0 Å². The highest BCUT2D eigenvalue weighted by molar-refractivity contribution is 6.30. The normalized spacial score (nSPS) is 17.6. The van der Waals surface area contributed by atoms with E-state index in [1.807, 2.05) is 6.07 Å². The molecule has 5 nitrogen and oxygen atoms in total. The molecule has 2 aromatic rings. The number of anilines is 1. The average molecular weight is 368 g/mol. The largest absolute Gasteiger partial charge is 0.354 e. The highest BCUT2D eigenvalue weighted by Crippen LogP contribution is 2.34. The first-order valence-electron chi connectivity index (χ1n) is 9.09. The third kappa shape index (κ3) is 3.41. The molecule has 1 fully saturated rings.